The number of hydrogen-bond acceptors (Lipinski definition) is 4. The third-order valence-electron chi connectivity index (χ3n) is 3.24. The van der Waals surface area contributed by atoms with Crippen LogP contribution in [0.4, 0.5) is 4.79 Å². The van der Waals surface area contributed by atoms with Crippen LogP contribution < -0.4 is 5.32 Å². The second-order valence-electron chi connectivity index (χ2n) is 7.68. The van der Waals surface area contributed by atoms with Gasteiger partial charge in [-0.1, -0.05) is 0 Å². The Bertz CT molecular complexity index is 458. The summed E-state index contributed by atoms with van der Waals surface area (Å²) in [5.41, 5.74) is -0.739. The van der Waals surface area contributed by atoms with Crippen LogP contribution in [-0.2, 0) is 11.3 Å². The molecule has 0 saturated heterocycles. The zero-order valence-corrected chi connectivity index (χ0v) is 15.4. The van der Waals surface area contributed by atoms with Crippen molar-refractivity contribution in [2.24, 2.45) is 0 Å². The fourth-order valence-corrected chi connectivity index (χ4v) is 2.13. The highest BCUT2D eigenvalue weighted by Crippen LogP contribution is 2.17. The smallest absolute Gasteiger partial charge is 0.410 e. The predicted molar refractivity (Wildman–Crippen MR) is 92.4 cm³/mol. The number of aromatic nitrogens is 2. The molecule has 1 heterocycles. The highest BCUT2D eigenvalue weighted by molar-refractivity contribution is 5.69. The van der Waals surface area contributed by atoms with Crippen LogP contribution in [-0.4, -0.2) is 51.5 Å². The topological polar surface area (TPSA) is 59.4 Å². The Balaban J connectivity index is 2.32. The lowest BCUT2D eigenvalue weighted by atomic mass is 10.1. The van der Waals surface area contributed by atoms with Gasteiger partial charge in [0, 0.05) is 37.6 Å². The van der Waals surface area contributed by atoms with E-state index in [2.05, 4.69) is 10.4 Å². The largest absolute Gasteiger partial charge is 0.444 e. The van der Waals surface area contributed by atoms with E-state index in [1.807, 2.05) is 58.5 Å². The van der Waals surface area contributed by atoms with Crippen LogP contribution >= 0.6 is 0 Å². The minimum absolute atomic E-state index is 0.261. The second-order valence-corrected chi connectivity index (χ2v) is 7.68. The van der Waals surface area contributed by atoms with Gasteiger partial charge in [-0.15, -0.1) is 0 Å². The SMILES string of the molecule is CC(C)(C)OC(=O)N(CCNCCCn1cccn1)C(C)(C)C. The maximum Gasteiger partial charge on any atom is 0.410 e. The number of nitrogens with one attached hydrogen (secondary N) is 1. The molecule has 1 N–H and O–H groups in total. The summed E-state index contributed by atoms with van der Waals surface area (Å²) in [6, 6.07) is 1.93. The average molecular weight is 324 g/mol. The molecule has 0 unspecified atom stereocenters. The van der Waals surface area contributed by atoms with Gasteiger partial charge in [-0.3, -0.25) is 4.68 Å². The van der Waals surface area contributed by atoms with E-state index in [1.165, 1.54) is 0 Å². The molecule has 1 rings (SSSR count). The molecule has 0 aliphatic carbocycles. The zero-order valence-electron chi connectivity index (χ0n) is 15.4. The van der Waals surface area contributed by atoms with Crippen molar-refractivity contribution in [1.82, 2.24) is 20.0 Å². The van der Waals surface area contributed by atoms with Crippen LogP contribution in [0.1, 0.15) is 48.0 Å². The molecule has 0 saturated carbocycles. The van der Waals surface area contributed by atoms with Crippen molar-refractivity contribution in [2.45, 2.75) is 65.6 Å². The molecular weight excluding hydrogens is 292 g/mol. The van der Waals surface area contributed by atoms with Crippen LogP contribution in [0, 0.1) is 0 Å². The van der Waals surface area contributed by atoms with Crippen molar-refractivity contribution in [3.63, 3.8) is 0 Å². The van der Waals surface area contributed by atoms with Gasteiger partial charge < -0.3 is 15.0 Å². The molecule has 0 bridgehead atoms. The van der Waals surface area contributed by atoms with Crippen LogP contribution in [0.15, 0.2) is 18.5 Å². The molecule has 0 atom stereocenters. The molecule has 0 fully saturated rings. The lowest BCUT2D eigenvalue weighted by Gasteiger charge is -2.36. The third kappa shape index (κ3) is 8.02. The summed E-state index contributed by atoms with van der Waals surface area (Å²) in [7, 11) is 0. The highest BCUT2D eigenvalue weighted by Gasteiger charge is 2.30. The van der Waals surface area contributed by atoms with Gasteiger partial charge in [0.2, 0.25) is 0 Å². The fraction of sp³-hybridized carbons (Fsp3) is 0.765. The third-order valence-corrected chi connectivity index (χ3v) is 3.24. The van der Waals surface area contributed by atoms with Crippen LogP contribution in [0.25, 0.3) is 0 Å². The number of aryl methyl sites for hydroxylation is 1. The van der Waals surface area contributed by atoms with Crippen molar-refractivity contribution in [3.8, 4) is 0 Å². The van der Waals surface area contributed by atoms with Crippen LogP contribution in [0.5, 0.6) is 0 Å². The van der Waals surface area contributed by atoms with Gasteiger partial charge in [0.25, 0.3) is 0 Å². The zero-order chi connectivity index (χ0) is 17.5. The summed E-state index contributed by atoms with van der Waals surface area (Å²) in [6.07, 6.45) is 4.49. The molecule has 0 aromatic carbocycles. The summed E-state index contributed by atoms with van der Waals surface area (Å²) in [4.78, 5) is 14.1. The minimum Gasteiger partial charge on any atom is -0.444 e. The van der Waals surface area contributed by atoms with E-state index in [0.29, 0.717) is 6.54 Å². The van der Waals surface area contributed by atoms with E-state index in [9.17, 15) is 4.79 Å². The highest BCUT2D eigenvalue weighted by atomic mass is 16.6. The lowest BCUT2D eigenvalue weighted by Crippen LogP contribution is -2.50. The van der Waals surface area contributed by atoms with E-state index < -0.39 is 5.60 Å². The fourth-order valence-electron chi connectivity index (χ4n) is 2.13. The Kier molecular flexibility index (Phi) is 7.06. The maximum atomic E-state index is 12.3. The molecule has 6 nitrogen and oxygen atoms in total. The van der Waals surface area contributed by atoms with Crippen molar-refractivity contribution in [1.29, 1.82) is 0 Å². The van der Waals surface area contributed by atoms with Gasteiger partial charge in [-0.05, 0) is 60.6 Å². The first-order valence-electron chi connectivity index (χ1n) is 8.28. The maximum absolute atomic E-state index is 12.3. The first-order valence-corrected chi connectivity index (χ1v) is 8.28. The van der Waals surface area contributed by atoms with E-state index in [4.69, 9.17) is 4.74 Å². The molecule has 0 spiro atoms. The summed E-state index contributed by atoms with van der Waals surface area (Å²) < 4.78 is 7.42. The number of carbonyl (C=O) groups excluding carboxylic acids is 1. The summed E-state index contributed by atoms with van der Waals surface area (Å²) in [5, 5.41) is 7.55. The van der Waals surface area contributed by atoms with Gasteiger partial charge in [-0.25, -0.2) is 4.79 Å². The van der Waals surface area contributed by atoms with Crippen molar-refractivity contribution < 1.29 is 9.53 Å². The summed E-state index contributed by atoms with van der Waals surface area (Å²) in [5.74, 6) is 0. The van der Waals surface area contributed by atoms with Crippen molar-refractivity contribution in [3.05, 3.63) is 18.5 Å². The molecule has 0 aliphatic rings. The monoisotopic (exact) mass is 324 g/mol. The molecule has 0 aliphatic heterocycles. The first-order chi connectivity index (χ1) is 10.6. The molecule has 6 heteroatoms. The van der Waals surface area contributed by atoms with Gasteiger partial charge >= 0.3 is 6.09 Å². The molecule has 1 aromatic rings. The van der Waals surface area contributed by atoms with E-state index in [0.717, 1.165) is 26.1 Å². The average Bonchev–Trinajstić information content (AvgIpc) is 2.86. The Hall–Kier alpha value is -1.56. The molecule has 132 valence electrons. The number of carbonyl (C=O) groups is 1. The van der Waals surface area contributed by atoms with Crippen LogP contribution in [0.3, 0.4) is 0 Å². The molecule has 23 heavy (non-hydrogen) atoms. The van der Waals surface area contributed by atoms with Gasteiger partial charge in [-0.2, -0.15) is 5.10 Å². The van der Waals surface area contributed by atoms with E-state index >= 15 is 0 Å². The first kappa shape index (κ1) is 19.5. The van der Waals surface area contributed by atoms with Gasteiger partial charge in [0.1, 0.15) is 5.60 Å². The molecule has 1 aromatic heterocycles. The number of hydrogen-bond donors (Lipinski definition) is 1. The molecule has 0 radical (unpaired) electrons. The van der Waals surface area contributed by atoms with Crippen molar-refractivity contribution >= 4 is 6.09 Å². The number of nitrogens with zero attached hydrogens (tertiary/aromatic N) is 3. The Morgan fingerprint density at radius 1 is 1.22 bits per heavy atom. The van der Waals surface area contributed by atoms with E-state index in [-0.39, 0.29) is 11.6 Å². The predicted octanol–water partition coefficient (Wildman–Crippen LogP) is 2.90. The Morgan fingerprint density at radius 2 is 1.91 bits per heavy atom. The number of rotatable bonds is 7. The quantitative estimate of drug-likeness (QED) is 0.784. The lowest BCUT2D eigenvalue weighted by molar-refractivity contribution is 0.00665. The van der Waals surface area contributed by atoms with Crippen molar-refractivity contribution in [2.75, 3.05) is 19.6 Å². The standard InChI is InChI=1S/C17H32N4O2/c1-16(2,3)21(15(22)23-17(4,5)6)14-11-18-9-7-12-20-13-8-10-19-20/h8,10,13,18H,7,9,11-12,14H2,1-6H3. The Morgan fingerprint density at radius 3 is 2.43 bits per heavy atom. The second kappa shape index (κ2) is 8.34. The molecular formula is C17H32N4O2. The Labute approximate surface area is 140 Å². The number of amides is 1. The van der Waals surface area contributed by atoms with E-state index in [1.54, 1.807) is 11.1 Å². The van der Waals surface area contributed by atoms with Gasteiger partial charge in [0.05, 0.1) is 0 Å². The number of ether oxygens (including phenoxy) is 1. The van der Waals surface area contributed by atoms with Gasteiger partial charge in [0.15, 0.2) is 0 Å². The minimum atomic E-state index is -0.474. The normalized spacial score (nSPS) is 12.3. The summed E-state index contributed by atoms with van der Waals surface area (Å²) >= 11 is 0. The van der Waals surface area contributed by atoms with Crippen LogP contribution in [0.2, 0.25) is 0 Å². The summed E-state index contributed by atoms with van der Waals surface area (Å²) in [6.45, 7) is 14.9. The molecule has 1 amide bonds.